The molecule has 1 amide bonds. The number of piperidine rings is 1. The molecule has 9 heteroatoms. The van der Waals surface area contributed by atoms with E-state index in [4.69, 9.17) is 5.73 Å². The van der Waals surface area contributed by atoms with Crippen molar-refractivity contribution < 1.29 is 9.90 Å². The summed E-state index contributed by atoms with van der Waals surface area (Å²) in [5.41, 5.74) is 12.9. The van der Waals surface area contributed by atoms with Crippen molar-refractivity contribution in [1.82, 2.24) is 9.55 Å². The van der Waals surface area contributed by atoms with E-state index in [0.717, 1.165) is 35.5 Å². The number of hydrogen-bond acceptors (Lipinski definition) is 7. The molecule has 1 aliphatic heterocycles. The number of aromatic nitrogens is 2. The van der Waals surface area contributed by atoms with Gasteiger partial charge in [0.1, 0.15) is 0 Å². The largest absolute Gasteiger partial charge is 0.397 e. The van der Waals surface area contributed by atoms with E-state index in [2.05, 4.69) is 41.3 Å². The van der Waals surface area contributed by atoms with Gasteiger partial charge in [-0.25, -0.2) is 4.98 Å². The molecule has 1 saturated heterocycles. The topological polar surface area (TPSA) is 126 Å². The number of nitrogen functional groups attached to an aromatic ring is 1. The van der Waals surface area contributed by atoms with Gasteiger partial charge >= 0.3 is 0 Å². The fourth-order valence-electron chi connectivity index (χ4n) is 5.35. The third-order valence-corrected chi connectivity index (χ3v) is 8.04. The predicted molar refractivity (Wildman–Crippen MR) is 174 cm³/mol. The van der Waals surface area contributed by atoms with Crippen LogP contribution in [0.1, 0.15) is 55.1 Å². The summed E-state index contributed by atoms with van der Waals surface area (Å²) in [5.74, 6) is -0.0284. The monoisotopic (exact) mass is 580 g/mol. The first-order valence-corrected chi connectivity index (χ1v) is 14.6. The maximum absolute atomic E-state index is 13.1. The highest BCUT2D eigenvalue weighted by Crippen LogP contribution is 2.31. The number of nitrogens with two attached hydrogens (primary N) is 1. The Morgan fingerprint density at radius 2 is 1.74 bits per heavy atom. The molecule has 0 atom stereocenters. The van der Waals surface area contributed by atoms with Gasteiger partial charge in [0.2, 0.25) is 0 Å². The Morgan fingerprint density at radius 3 is 2.40 bits per heavy atom. The van der Waals surface area contributed by atoms with Gasteiger partial charge in [0.25, 0.3) is 11.5 Å². The van der Waals surface area contributed by atoms with Crippen LogP contribution in [-0.2, 0) is 12.5 Å². The lowest BCUT2D eigenvalue weighted by Gasteiger charge is -2.32. The second-order valence-electron chi connectivity index (χ2n) is 12.3. The molecule has 224 valence electrons. The number of aliphatic hydroxyl groups is 1. The van der Waals surface area contributed by atoms with Gasteiger partial charge in [-0.1, -0.05) is 45.0 Å². The smallest absolute Gasteiger partial charge is 0.293 e. The molecule has 43 heavy (non-hydrogen) atoms. The molecular weight excluding hydrogens is 540 g/mol. The number of aliphatic hydroxyl groups excluding tert-OH is 1. The molecule has 0 unspecified atom stereocenters. The zero-order valence-electron chi connectivity index (χ0n) is 25.4. The number of aryl methyl sites for hydroxylation is 1. The number of hydrogen-bond donors (Lipinski definition) is 4. The van der Waals surface area contributed by atoms with Crippen molar-refractivity contribution in [3.63, 3.8) is 0 Å². The fraction of sp³-hybridized carbons (Fsp3) is 0.324. The molecule has 4 aromatic rings. The standard InChI is InChI=1S/C34H40N6O3/c1-21-26(7-6-8-28(21)38-32(42)22-9-11-23(12-10-22)34(2,3)4)29-20-39(5)33(43)31(37-29)36-24-13-14-30(27(35)19-24)40-17-15-25(41)16-18-40/h6-14,19-20,25,41H,15-18,35H2,1-5H3,(H,36,37)(H,38,42). The van der Waals surface area contributed by atoms with Gasteiger partial charge in [0, 0.05) is 48.8 Å². The molecule has 1 aromatic heterocycles. The summed E-state index contributed by atoms with van der Waals surface area (Å²) >= 11 is 0. The van der Waals surface area contributed by atoms with Crippen LogP contribution in [0.15, 0.2) is 71.7 Å². The van der Waals surface area contributed by atoms with Crippen molar-refractivity contribution in [3.8, 4) is 11.3 Å². The molecule has 0 radical (unpaired) electrons. The summed E-state index contributed by atoms with van der Waals surface area (Å²) in [6.07, 6.45) is 2.84. The van der Waals surface area contributed by atoms with Crippen LogP contribution in [0.5, 0.6) is 0 Å². The molecule has 0 bridgehead atoms. The summed E-state index contributed by atoms with van der Waals surface area (Å²) in [6.45, 7) is 9.82. The lowest BCUT2D eigenvalue weighted by molar-refractivity contribution is 0.102. The van der Waals surface area contributed by atoms with E-state index in [1.807, 2.05) is 61.5 Å². The molecule has 1 aliphatic rings. The van der Waals surface area contributed by atoms with Crippen molar-refractivity contribution in [2.45, 2.75) is 52.1 Å². The minimum atomic E-state index is -0.280. The first kappa shape index (κ1) is 29.8. The van der Waals surface area contributed by atoms with Crippen LogP contribution in [0.2, 0.25) is 0 Å². The summed E-state index contributed by atoms with van der Waals surface area (Å²) in [4.78, 5) is 33.0. The number of nitrogens with zero attached hydrogens (tertiary/aromatic N) is 3. The number of benzene rings is 3. The molecule has 1 fully saturated rings. The average Bonchev–Trinajstić information content (AvgIpc) is 2.97. The number of rotatable bonds is 6. The van der Waals surface area contributed by atoms with Gasteiger partial charge in [0.15, 0.2) is 5.82 Å². The van der Waals surface area contributed by atoms with Crippen molar-refractivity contribution in [2.75, 3.05) is 34.4 Å². The zero-order valence-corrected chi connectivity index (χ0v) is 25.4. The predicted octanol–water partition coefficient (Wildman–Crippen LogP) is 5.59. The van der Waals surface area contributed by atoms with E-state index in [-0.39, 0.29) is 28.8 Å². The molecule has 2 heterocycles. The van der Waals surface area contributed by atoms with Crippen molar-refractivity contribution in [3.05, 3.63) is 93.9 Å². The Bertz CT molecular complexity index is 1700. The first-order valence-electron chi connectivity index (χ1n) is 14.6. The van der Waals surface area contributed by atoms with E-state index in [1.54, 1.807) is 19.3 Å². The van der Waals surface area contributed by atoms with Crippen LogP contribution in [0, 0.1) is 6.92 Å². The molecule has 5 N–H and O–H groups in total. The second kappa shape index (κ2) is 11.9. The normalized spacial score (nSPS) is 14.0. The van der Waals surface area contributed by atoms with Gasteiger partial charge in [-0.2, -0.15) is 0 Å². The van der Waals surface area contributed by atoms with Crippen LogP contribution >= 0.6 is 0 Å². The number of carbonyl (C=O) groups is 1. The van der Waals surface area contributed by atoms with Crippen LogP contribution in [0.3, 0.4) is 0 Å². The quantitative estimate of drug-likeness (QED) is 0.219. The summed E-state index contributed by atoms with van der Waals surface area (Å²) < 4.78 is 1.49. The van der Waals surface area contributed by atoms with Crippen LogP contribution in [-0.4, -0.2) is 39.8 Å². The van der Waals surface area contributed by atoms with Crippen molar-refractivity contribution in [2.24, 2.45) is 7.05 Å². The van der Waals surface area contributed by atoms with Crippen LogP contribution in [0.4, 0.5) is 28.6 Å². The molecule has 3 aromatic carbocycles. The first-order chi connectivity index (χ1) is 20.4. The van der Waals surface area contributed by atoms with E-state index in [0.29, 0.717) is 41.2 Å². The van der Waals surface area contributed by atoms with Gasteiger partial charge < -0.3 is 30.9 Å². The molecule has 9 nitrogen and oxygen atoms in total. The zero-order chi connectivity index (χ0) is 30.9. The SMILES string of the molecule is Cc1c(NC(=O)c2ccc(C(C)(C)C)cc2)cccc1-c1cn(C)c(=O)c(Nc2ccc(N3CCC(O)CC3)c(N)c2)n1. The Labute approximate surface area is 252 Å². The van der Waals surface area contributed by atoms with Crippen LogP contribution in [0.25, 0.3) is 11.3 Å². The van der Waals surface area contributed by atoms with Gasteiger partial charge in [-0.15, -0.1) is 0 Å². The van der Waals surface area contributed by atoms with Crippen molar-refractivity contribution in [1.29, 1.82) is 0 Å². The Morgan fingerprint density at radius 1 is 1.05 bits per heavy atom. The Hall–Kier alpha value is -4.63. The molecule has 5 rings (SSSR count). The van der Waals surface area contributed by atoms with E-state index in [9.17, 15) is 14.7 Å². The Balaban J connectivity index is 1.38. The van der Waals surface area contributed by atoms with E-state index < -0.39 is 0 Å². The van der Waals surface area contributed by atoms with E-state index in [1.165, 1.54) is 4.57 Å². The minimum Gasteiger partial charge on any atom is -0.397 e. The number of amides is 1. The average molecular weight is 581 g/mol. The van der Waals surface area contributed by atoms with E-state index >= 15 is 0 Å². The Kier molecular flexibility index (Phi) is 8.28. The maximum atomic E-state index is 13.1. The molecule has 0 spiro atoms. The summed E-state index contributed by atoms with van der Waals surface area (Å²) in [7, 11) is 1.68. The van der Waals surface area contributed by atoms with Crippen molar-refractivity contribution >= 4 is 34.5 Å². The van der Waals surface area contributed by atoms with Gasteiger partial charge in [-0.3, -0.25) is 9.59 Å². The second-order valence-corrected chi connectivity index (χ2v) is 12.3. The molecular formula is C34H40N6O3. The highest BCUT2D eigenvalue weighted by Gasteiger charge is 2.20. The lowest BCUT2D eigenvalue weighted by Crippen LogP contribution is -2.36. The lowest BCUT2D eigenvalue weighted by atomic mass is 9.86. The number of nitrogens with one attached hydrogen (secondary N) is 2. The van der Waals surface area contributed by atoms with Gasteiger partial charge in [-0.05, 0) is 72.7 Å². The minimum absolute atomic E-state index is 0.00481. The highest BCUT2D eigenvalue weighted by atomic mass is 16.3. The molecule has 0 aliphatic carbocycles. The fourth-order valence-corrected chi connectivity index (χ4v) is 5.35. The van der Waals surface area contributed by atoms with Crippen LogP contribution < -0.4 is 26.8 Å². The highest BCUT2D eigenvalue weighted by molar-refractivity contribution is 6.05. The summed E-state index contributed by atoms with van der Waals surface area (Å²) in [5, 5.41) is 16.0. The number of carbonyl (C=O) groups excluding carboxylic acids is 1. The number of anilines is 5. The molecule has 0 saturated carbocycles. The maximum Gasteiger partial charge on any atom is 0.293 e. The van der Waals surface area contributed by atoms with Gasteiger partial charge in [0.05, 0.1) is 23.2 Å². The third-order valence-electron chi connectivity index (χ3n) is 8.04. The third kappa shape index (κ3) is 6.57. The summed E-state index contributed by atoms with van der Waals surface area (Å²) in [6, 6.07) is 18.9.